The maximum Gasteiger partial charge on any atom is 0.264 e. The number of rotatable bonds is 1. The summed E-state index contributed by atoms with van der Waals surface area (Å²) in [6.45, 7) is 2.44. The molecule has 1 aliphatic rings. The van der Waals surface area contributed by atoms with Gasteiger partial charge in [-0.15, -0.1) is 0 Å². The molecular formula is C16H14Cl2N2O2. The fraction of sp³-hybridized carbons (Fsp3) is 0.250. The van der Waals surface area contributed by atoms with Gasteiger partial charge >= 0.3 is 0 Å². The summed E-state index contributed by atoms with van der Waals surface area (Å²) in [5, 5.41) is 12.5. The van der Waals surface area contributed by atoms with E-state index < -0.39 is 0 Å². The molecule has 2 aromatic rings. The van der Waals surface area contributed by atoms with Crippen LogP contribution in [0.5, 0.6) is 0 Å². The number of amides is 1. The van der Waals surface area contributed by atoms with E-state index in [0.717, 1.165) is 29.7 Å². The minimum atomic E-state index is -0.220. The van der Waals surface area contributed by atoms with E-state index in [-0.39, 0.29) is 5.91 Å². The van der Waals surface area contributed by atoms with Gasteiger partial charge in [-0.3, -0.25) is 4.79 Å². The number of pyridine rings is 1. The molecule has 0 unspecified atom stereocenters. The van der Waals surface area contributed by atoms with Crippen LogP contribution in [-0.2, 0) is 6.42 Å². The summed E-state index contributed by atoms with van der Waals surface area (Å²) >= 11 is 12.6. The van der Waals surface area contributed by atoms with Gasteiger partial charge in [-0.25, -0.2) is 0 Å². The van der Waals surface area contributed by atoms with E-state index in [1.54, 1.807) is 23.1 Å². The van der Waals surface area contributed by atoms with E-state index in [2.05, 4.69) is 0 Å². The first-order chi connectivity index (χ1) is 10.5. The number of benzene rings is 1. The molecule has 1 amide bonds. The first kappa shape index (κ1) is 15.1. The Kier molecular flexibility index (Phi) is 3.98. The van der Waals surface area contributed by atoms with Crippen LogP contribution in [0.3, 0.4) is 0 Å². The molecule has 0 N–H and O–H groups in total. The van der Waals surface area contributed by atoms with Crippen LogP contribution in [0.2, 0.25) is 10.0 Å². The number of fused-ring (bicyclic) bond motifs is 1. The number of carbonyl (C=O) groups excluding carboxylic acids is 1. The second-order valence-corrected chi connectivity index (χ2v) is 6.09. The van der Waals surface area contributed by atoms with Gasteiger partial charge < -0.3 is 10.1 Å². The Balaban J connectivity index is 2.07. The molecule has 0 bridgehead atoms. The Morgan fingerprint density at radius 1 is 1.41 bits per heavy atom. The average molecular weight is 337 g/mol. The zero-order valence-electron chi connectivity index (χ0n) is 12.0. The van der Waals surface area contributed by atoms with Gasteiger partial charge in [0, 0.05) is 17.6 Å². The van der Waals surface area contributed by atoms with E-state index in [4.69, 9.17) is 23.2 Å². The highest BCUT2D eigenvalue weighted by molar-refractivity contribution is 6.37. The Labute approximate surface area is 138 Å². The van der Waals surface area contributed by atoms with Gasteiger partial charge in [0.05, 0.1) is 10.7 Å². The summed E-state index contributed by atoms with van der Waals surface area (Å²) in [6, 6.07) is 4.96. The minimum Gasteiger partial charge on any atom is -0.619 e. The molecule has 0 spiro atoms. The molecule has 0 atom stereocenters. The smallest absolute Gasteiger partial charge is 0.264 e. The Morgan fingerprint density at radius 2 is 2.18 bits per heavy atom. The standard InChI is InChI=1S/C16H14Cl2N2O2/c1-10-13(17)8-14-12(15(10)18)5-3-7-20(14)16(21)11-4-2-6-19(22)9-11/h2,4,6,8-9H,3,5,7H2,1H3. The van der Waals surface area contributed by atoms with Crippen LogP contribution in [-0.4, -0.2) is 12.5 Å². The lowest BCUT2D eigenvalue weighted by atomic mass is 9.98. The van der Waals surface area contributed by atoms with Crippen molar-refractivity contribution in [2.75, 3.05) is 11.4 Å². The number of carbonyl (C=O) groups is 1. The van der Waals surface area contributed by atoms with Crippen LogP contribution in [0.4, 0.5) is 5.69 Å². The fourth-order valence-corrected chi connectivity index (χ4v) is 3.26. The van der Waals surface area contributed by atoms with E-state index in [1.165, 1.54) is 12.4 Å². The maximum atomic E-state index is 12.7. The van der Waals surface area contributed by atoms with Gasteiger partial charge in [0.1, 0.15) is 5.56 Å². The van der Waals surface area contributed by atoms with E-state index in [0.29, 0.717) is 26.9 Å². The molecule has 114 valence electrons. The summed E-state index contributed by atoms with van der Waals surface area (Å²) in [5.41, 5.74) is 2.85. The highest BCUT2D eigenvalue weighted by Gasteiger charge is 2.27. The lowest BCUT2D eigenvalue weighted by Gasteiger charge is -2.30. The molecule has 22 heavy (non-hydrogen) atoms. The maximum absolute atomic E-state index is 12.7. The number of nitrogens with zero attached hydrogens (tertiary/aromatic N) is 2. The third kappa shape index (κ3) is 2.53. The average Bonchev–Trinajstić information content (AvgIpc) is 2.52. The molecule has 3 rings (SSSR count). The highest BCUT2D eigenvalue weighted by Crippen LogP contribution is 2.39. The van der Waals surface area contributed by atoms with Crippen LogP contribution < -0.4 is 9.63 Å². The van der Waals surface area contributed by atoms with Crippen LogP contribution in [0.15, 0.2) is 30.6 Å². The zero-order chi connectivity index (χ0) is 15.9. The van der Waals surface area contributed by atoms with Crippen molar-refractivity contribution in [2.45, 2.75) is 19.8 Å². The van der Waals surface area contributed by atoms with Crippen molar-refractivity contribution in [2.24, 2.45) is 0 Å². The van der Waals surface area contributed by atoms with Gasteiger partial charge in [-0.1, -0.05) is 23.2 Å². The molecule has 0 fully saturated rings. The summed E-state index contributed by atoms with van der Waals surface area (Å²) in [5.74, 6) is -0.220. The lowest BCUT2D eigenvalue weighted by Crippen LogP contribution is -2.37. The van der Waals surface area contributed by atoms with Gasteiger partial charge in [-0.2, -0.15) is 4.73 Å². The van der Waals surface area contributed by atoms with Gasteiger partial charge in [0.15, 0.2) is 12.4 Å². The molecule has 0 aliphatic carbocycles. The molecule has 1 aromatic carbocycles. The summed E-state index contributed by atoms with van der Waals surface area (Å²) in [6.07, 6.45) is 4.25. The molecule has 6 heteroatoms. The Morgan fingerprint density at radius 3 is 2.91 bits per heavy atom. The SMILES string of the molecule is Cc1c(Cl)cc2c(c1Cl)CCCN2C(=O)c1ccc[n+]([O-])c1. The van der Waals surface area contributed by atoms with Crippen LogP contribution in [0, 0.1) is 12.1 Å². The summed E-state index contributed by atoms with van der Waals surface area (Å²) in [4.78, 5) is 14.4. The predicted octanol–water partition coefficient (Wildman–Crippen LogP) is 3.53. The first-order valence-corrected chi connectivity index (χ1v) is 7.73. The third-order valence-electron chi connectivity index (χ3n) is 3.89. The molecule has 0 saturated heterocycles. The second kappa shape index (κ2) is 5.78. The van der Waals surface area contributed by atoms with Gasteiger partial charge in [-0.05, 0) is 43.0 Å². The molecular weight excluding hydrogens is 323 g/mol. The van der Waals surface area contributed by atoms with Gasteiger partial charge in [0.25, 0.3) is 5.91 Å². The second-order valence-electron chi connectivity index (χ2n) is 5.31. The van der Waals surface area contributed by atoms with Crippen LogP contribution in [0.25, 0.3) is 0 Å². The highest BCUT2D eigenvalue weighted by atomic mass is 35.5. The van der Waals surface area contributed by atoms with Gasteiger partial charge in [0.2, 0.25) is 0 Å². The predicted molar refractivity (Wildman–Crippen MR) is 86.6 cm³/mol. The van der Waals surface area contributed by atoms with E-state index >= 15 is 0 Å². The normalized spacial score (nSPS) is 13.9. The molecule has 1 aliphatic heterocycles. The van der Waals surface area contributed by atoms with Crippen molar-refractivity contribution < 1.29 is 9.52 Å². The molecule has 1 aromatic heterocycles. The quantitative estimate of drug-likeness (QED) is 0.590. The number of anilines is 1. The molecule has 2 heterocycles. The Hall–Kier alpha value is -1.78. The summed E-state index contributed by atoms with van der Waals surface area (Å²) < 4.78 is 0.618. The third-order valence-corrected chi connectivity index (χ3v) is 4.80. The first-order valence-electron chi connectivity index (χ1n) is 6.97. The number of aromatic nitrogens is 1. The summed E-state index contributed by atoms with van der Waals surface area (Å²) in [7, 11) is 0. The molecule has 4 nitrogen and oxygen atoms in total. The largest absolute Gasteiger partial charge is 0.619 e. The lowest BCUT2D eigenvalue weighted by molar-refractivity contribution is -0.605. The number of hydrogen-bond acceptors (Lipinski definition) is 2. The van der Waals surface area contributed by atoms with Crippen molar-refractivity contribution in [1.82, 2.24) is 0 Å². The minimum absolute atomic E-state index is 0.220. The van der Waals surface area contributed by atoms with Crippen molar-refractivity contribution >= 4 is 34.8 Å². The monoisotopic (exact) mass is 336 g/mol. The van der Waals surface area contributed by atoms with Crippen molar-refractivity contribution in [3.8, 4) is 0 Å². The van der Waals surface area contributed by atoms with E-state index in [9.17, 15) is 10.0 Å². The number of halogens is 2. The van der Waals surface area contributed by atoms with E-state index in [1.807, 2.05) is 6.92 Å². The molecule has 0 saturated carbocycles. The van der Waals surface area contributed by atoms with Crippen LogP contribution >= 0.6 is 23.2 Å². The fourth-order valence-electron chi connectivity index (χ4n) is 2.72. The topological polar surface area (TPSA) is 47.2 Å². The van der Waals surface area contributed by atoms with Crippen molar-refractivity contribution in [3.05, 3.63) is 62.5 Å². The van der Waals surface area contributed by atoms with Crippen molar-refractivity contribution in [1.29, 1.82) is 0 Å². The van der Waals surface area contributed by atoms with Crippen LogP contribution in [0.1, 0.15) is 27.9 Å². The Bertz CT molecular complexity index is 762. The van der Waals surface area contributed by atoms with Crippen molar-refractivity contribution in [3.63, 3.8) is 0 Å². The molecule has 0 radical (unpaired) electrons. The zero-order valence-corrected chi connectivity index (χ0v) is 13.5. The number of hydrogen-bond donors (Lipinski definition) is 0.